The van der Waals surface area contributed by atoms with E-state index in [2.05, 4.69) is 10.2 Å². The average molecular weight is 470 g/mol. The van der Waals surface area contributed by atoms with E-state index >= 15 is 0 Å². The van der Waals surface area contributed by atoms with E-state index < -0.39 is 17.5 Å². The van der Waals surface area contributed by atoms with Crippen LogP contribution in [-0.4, -0.2) is 40.6 Å². The summed E-state index contributed by atoms with van der Waals surface area (Å²) < 4.78 is 19.5. The van der Waals surface area contributed by atoms with E-state index in [1.807, 2.05) is 38.7 Å². The predicted octanol–water partition coefficient (Wildman–Crippen LogP) is 6.07. The van der Waals surface area contributed by atoms with Crippen molar-refractivity contribution in [3.8, 4) is 11.1 Å². The van der Waals surface area contributed by atoms with Crippen molar-refractivity contribution in [1.82, 2.24) is 10.2 Å². The molecule has 2 fully saturated rings. The van der Waals surface area contributed by atoms with Crippen LogP contribution in [0.5, 0.6) is 0 Å². The van der Waals surface area contributed by atoms with Crippen molar-refractivity contribution in [2.75, 3.05) is 0 Å². The molecule has 2 aliphatic heterocycles. The van der Waals surface area contributed by atoms with Gasteiger partial charge in [-0.2, -0.15) is 0 Å². The molecule has 1 aromatic carbocycles. The Kier molecular flexibility index (Phi) is 6.19. The fourth-order valence-corrected chi connectivity index (χ4v) is 5.85. The number of carbonyl (C=O) groups excluding carboxylic acids is 2. The van der Waals surface area contributed by atoms with Crippen molar-refractivity contribution in [2.24, 2.45) is 0 Å². The molecule has 2 amide bonds. The predicted molar refractivity (Wildman–Crippen MR) is 126 cm³/mol. The first kappa shape index (κ1) is 23.2. The van der Waals surface area contributed by atoms with Gasteiger partial charge in [0.2, 0.25) is 5.69 Å². The minimum atomic E-state index is -0.557. The maximum atomic E-state index is 14.1. The summed E-state index contributed by atoms with van der Waals surface area (Å²) in [7, 11) is 0. The van der Waals surface area contributed by atoms with Gasteiger partial charge in [-0.25, -0.2) is 14.0 Å². The van der Waals surface area contributed by atoms with E-state index in [9.17, 15) is 14.0 Å². The Balaban J connectivity index is 1.48. The Bertz CT molecular complexity index is 1120. The number of ether oxygens (including phenoxy) is 1. The molecule has 2 saturated heterocycles. The van der Waals surface area contributed by atoms with E-state index in [1.54, 1.807) is 6.07 Å². The molecule has 2 bridgehead atoms. The van der Waals surface area contributed by atoms with Crippen molar-refractivity contribution in [2.45, 2.75) is 77.1 Å². The zero-order valence-corrected chi connectivity index (χ0v) is 20.1. The second-order valence-corrected chi connectivity index (χ2v) is 11.0. The van der Waals surface area contributed by atoms with Crippen LogP contribution in [0.3, 0.4) is 0 Å². The van der Waals surface area contributed by atoms with Crippen molar-refractivity contribution in [3.63, 3.8) is 0 Å². The number of alkyl carbamates (subject to hydrolysis) is 1. The quantitative estimate of drug-likeness (QED) is 0.555. The number of piperidine rings is 1. The minimum absolute atomic E-state index is 0.00387. The normalized spacial score (nSPS) is 22.1. The average Bonchev–Trinajstić information content (AvgIpc) is 3.23. The molecular weight excluding hydrogens is 441 g/mol. The van der Waals surface area contributed by atoms with Crippen LogP contribution in [0.1, 0.15) is 61.0 Å². The fraction of sp³-hybridized carbons (Fsp3) is 0.480. The number of benzene rings is 1. The van der Waals surface area contributed by atoms with Crippen LogP contribution < -0.4 is 5.32 Å². The van der Waals surface area contributed by atoms with Gasteiger partial charge in [0.15, 0.2) is 0 Å². The minimum Gasteiger partial charge on any atom is -0.444 e. The van der Waals surface area contributed by atoms with Crippen LogP contribution in [0, 0.1) is 19.3 Å². The summed E-state index contributed by atoms with van der Waals surface area (Å²) in [5.74, 6) is -0.561. The zero-order valence-electron chi connectivity index (χ0n) is 19.3. The van der Waals surface area contributed by atoms with Crippen LogP contribution in [0.2, 0.25) is 0 Å². The van der Waals surface area contributed by atoms with Gasteiger partial charge in [-0.15, -0.1) is 11.3 Å². The van der Waals surface area contributed by atoms with Crippen LogP contribution in [0.15, 0.2) is 24.3 Å². The lowest BCUT2D eigenvalue weighted by molar-refractivity contribution is 0.0420. The van der Waals surface area contributed by atoms with Crippen molar-refractivity contribution in [3.05, 3.63) is 51.3 Å². The Morgan fingerprint density at radius 3 is 2.45 bits per heavy atom. The van der Waals surface area contributed by atoms with Gasteiger partial charge >= 0.3 is 6.09 Å². The third kappa shape index (κ3) is 4.88. The second kappa shape index (κ2) is 8.79. The smallest absolute Gasteiger partial charge is 0.407 e. The van der Waals surface area contributed by atoms with Gasteiger partial charge in [0.05, 0.1) is 11.4 Å². The van der Waals surface area contributed by atoms with Crippen molar-refractivity contribution < 1.29 is 18.7 Å². The summed E-state index contributed by atoms with van der Waals surface area (Å²) in [6.07, 6.45) is 2.85. The molecule has 4 rings (SSSR count). The van der Waals surface area contributed by atoms with Gasteiger partial charge in [-0.3, -0.25) is 4.79 Å². The number of hydrogen-bond acceptors (Lipinski definition) is 4. The van der Waals surface area contributed by atoms with E-state index in [4.69, 9.17) is 11.3 Å². The first-order valence-electron chi connectivity index (χ1n) is 11.2. The standard InChI is InChI=1S/C25H28FN3O3S/c1-14-19(15-6-9-21(27-5)20(26)10-15)13-22(33-14)23(30)29-17-7-8-18(29)12-16(11-17)28-24(31)32-25(2,3)4/h6,9-10,13,16-18H,7-8,11-12H2,1-4H3,(H,28,31). The van der Waals surface area contributed by atoms with Crippen molar-refractivity contribution in [1.29, 1.82) is 0 Å². The largest absolute Gasteiger partial charge is 0.444 e. The van der Waals surface area contributed by atoms with Gasteiger partial charge in [0.25, 0.3) is 5.91 Å². The second-order valence-electron chi connectivity index (χ2n) is 9.77. The highest BCUT2D eigenvalue weighted by atomic mass is 32.1. The molecule has 0 aliphatic carbocycles. The Morgan fingerprint density at radius 2 is 1.88 bits per heavy atom. The van der Waals surface area contributed by atoms with E-state index in [1.165, 1.54) is 23.5 Å². The van der Waals surface area contributed by atoms with E-state index in [0.29, 0.717) is 23.3 Å². The highest BCUT2D eigenvalue weighted by Crippen LogP contribution is 2.39. The molecule has 0 radical (unpaired) electrons. The summed E-state index contributed by atoms with van der Waals surface area (Å²) in [6.45, 7) is 14.4. The van der Waals surface area contributed by atoms with Gasteiger partial charge in [-0.1, -0.05) is 12.1 Å². The zero-order chi connectivity index (χ0) is 23.9. The van der Waals surface area contributed by atoms with E-state index in [-0.39, 0.29) is 29.7 Å². The Morgan fingerprint density at radius 1 is 1.21 bits per heavy atom. The van der Waals surface area contributed by atoms with E-state index in [0.717, 1.165) is 23.3 Å². The van der Waals surface area contributed by atoms with Gasteiger partial charge < -0.3 is 15.0 Å². The summed E-state index contributed by atoms with van der Waals surface area (Å²) >= 11 is 1.41. The first-order chi connectivity index (χ1) is 15.6. The number of nitrogens with zero attached hydrogens (tertiary/aromatic N) is 2. The number of rotatable bonds is 3. The third-order valence-electron chi connectivity index (χ3n) is 6.20. The lowest BCUT2D eigenvalue weighted by atomic mass is 9.97. The van der Waals surface area contributed by atoms with Crippen LogP contribution >= 0.6 is 11.3 Å². The fourth-order valence-electron chi connectivity index (χ4n) is 4.87. The number of halogens is 1. The maximum Gasteiger partial charge on any atom is 0.407 e. The van der Waals surface area contributed by atoms with Gasteiger partial charge in [0.1, 0.15) is 11.4 Å². The third-order valence-corrected chi connectivity index (χ3v) is 7.23. The lowest BCUT2D eigenvalue weighted by Gasteiger charge is -2.39. The van der Waals surface area contributed by atoms with Crippen molar-refractivity contribution >= 4 is 29.0 Å². The molecule has 2 atom stereocenters. The molecule has 1 aromatic heterocycles. The topological polar surface area (TPSA) is 63.0 Å². The SMILES string of the molecule is [C-]#[N+]c1ccc(-c2cc(C(=O)N3C4CCC3CC(NC(=O)OC(C)(C)C)C4)sc2C)cc1F. The van der Waals surface area contributed by atoms with Gasteiger partial charge in [0, 0.05) is 23.0 Å². The molecule has 6 nitrogen and oxygen atoms in total. The number of nitrogens with one attached hydrogen (secondary N) is 1. The maximum absolute atomic E-state index is 14.1. The Labute approximate surface area is 197 Å². The molecule has 174 valence electrons. The number of thiophene rings is 1. The molecule has 2 aliphatic rings. The van der Waals surface area contributed by atoms with Crippen LogP contribution in [0.4, 0.5) is 14.9 Å². The molecule has 1 N–H and O–H groups in total. The summed E-state index contributed by atoms with van der Waals surface area (Å²) in [5.41, 5.74) is 0.916. The highest BCUT2D eigenvalue weighted by molar-refractivity contribution is 7.14. The van der Waals surface area contributed by atoms with Crippen LogP contribution in [-0.2, 0) is 4.74 Å². The number of aryl methyl sites for hydroxylation is 1. The van der Waals surface area contributed by atoms with Gasteiger partial charge in [-0.05, 0) is 76.6 Å². The lowest BCUT2D eigenvalue weighted by Crippen LogP contribution is -2.52. The molecule has 33 heavy (non-hydrogen) atoms. The molecule has 2 unspecified atom stereocenters. The number of fused-ring (bicyclic) bond motifs is 2. The molecule has 8 heteroatoms. The molecule has 0 saturated carbocycles. The summed E-state index contributed by atoms with van der Waals surface area (Å²) in [4.78, 5) is 32.3. The van der Waals surface area contributed by atoms with Crippen LogP contribution in [0.25, 0.3) is 16.0 Å². The summed E-state index contributed by atoms with van der Waals surface area (Å²) in [6, 6.07) is 6.53. The number of carbonyl (C=O) groups is 2. The molecule has 2 aromatic rings. The Hall–Kier alpha value is -2.92. The first-order valence-corrected chi connectivity index (χ1v) is 12.0. The molecular formula is C25H28FN3O3S. The molecule has 3 heterocycles. The summed E-state index contributed by atoms with van der Waals surface area (Å²) in [5, 5.41) is 2.97. The number of hydrogen-bond donors (Lipinski definition) is 1. The molecule has 0 spiro atoms. The highest BCUT2D eigenvalue weighted by Gasteiger charge is 2.44. The monoisotopic (exact) mass is 469 g/mol. The number of amides is 2.